The molecule has 0 radical (unpaired) electrons. The molecule has 0 saturated carbocycles. The summed E-state index contributed by atoms with van der Waals surface area (Å²) in [6.45, 7) is 2.08. The molecule has 2 saturated heterocycles. The molecule has 0 aliphatic carbocycles. The van der Waals surface area contributed by atoms with Gasteiger partial charge in [-0.15, -0.1) is 5.10 Å². The van der Waals surface area contributed by atoms with Gasteiger partial charge < -0.3 is 15.5 Å². The van der Waals surface area contributed by atoms with Gasteiger partial charge in [0.2, 0.25) is 0 Å². The molecular weight excluding hydrogens is 360 g/mol. The molecule has 29 heavy (non-hydrogen) atoms. The van der Waals surface area contributed by atoms with Gasteiger partial charge in [0.25, 0.3) is 0 Å². The molecule has 6 rings (SSSR count). The van der Waals surface area contributed by atoms with E-state index < -0.39 is 0 Å². The summed E-state index contributed by atoms with van der Waals surface area (Å²) in [4.78, 5) is 6.96. The van der Waals surface area contributed by atoms with Crippen LogP contribution in [0.2, 0.25) is 0 Å². The van der Waals surface area contributed by atoms with Crippen molar-refractivity contribution in [2.24, 2.45) is 0 Å². The summed E-state index contributed by atoms with van der Waals surface area (Å²) < 4.78 is 2.04. The number of piperazine rings is 1. The van der Waals surface area contributed by atoms with Gasteiger partial charge in [0, 0.05) is 48.5 Å². The minimum atomic E-state index is 0.541. The van der Waals surface area contributed by atoms with Gasteiger partial charge >= 0.3 is 0 Å². The van der Waals surface area contributed by atoms with Crippen LogP contribution < -0.4 is 15.5 Å². The molecular formula is C23H22N6. The average molecular weight is 382 g/mol. The van der Waals surface area contributed by atoms with Crippen LogP contribution in [-0.4, -0.2) is 39.9 Å². The van der Waals surface area contributed by atoms with Crippen molar-refractivity contribution in [1.29, 1.82) is 0 Å². The second kappa shape index (κ2) is 6.60. The van der Waals surface area contributed by atoms with Crippen molar-refractivity contribution in [2.45, 2.75) is 18.5 Å². The van der Waals surface area contributed by atoms with Crippen molar-refractivity contribution < 1.29 is 0 Å². The van der Waals surface area contributed by atoms with E-state index in [1.54, 1.807) is 0 Å². The summed E-state index contributed by atoms with van der Waals surface area (Å²) in [6, 6.07) is 23.8. The molecule has 6 heteroatoms. The van der Waals surface area contributed by atoms with Crippen LogP contribution in [0.4, 0.5) is 17.3 Å². The zero-order valence-corrected chi connectivity index (χ0v) is 16.0. The zero-order chi connectivity index (χ0) is 19.2. The molecule has 144 valence electrons. The molecule has 2 aliphatic heterocycles. The van der Waals surface area contributed by atoms with E-state index in [9.17, 15) is 0 Å². The van der Waals surface area contributed by atoms with Crippen molar-refractivity contribution >= 4 is 28.2 Å². The molecule has 0 amide bonds. The quantitative estimate of drug-likeness (QED) is 0.563. The van der Waals surface area contributed by atoms with Crippen LogP contribution in [0.3, 0.4) is 0 Å². The number of fused-ring (bicyclic) bond motifs is 3. The van der Waals surface area contributed by atoms with Crippen LogP contribution in [-0.2, 0) is 0 Å². The maximum absolute atomic E-state index is 5.07. The Balaban J connectivity index is 1.41. The standard InChI is InChI=1S/C23H22N6/c1-2-6-16(7-3-1)26-22-13-18(10-11-24-22)29-21-9-5-4-8-20(21)23(27-29)28-15-17-12-19(28)14-25-17/h1-11,13,17,19,25H,12,14-15H2,(H,24,26). The third kappa shape index (κ3) is 2.84. The van der Waals surface area contributed by atoms with Crippen LogP contribution in [0.15, 0.2) is 72.9 Å². The number of pyridine rings is 1. The summed E-state index contributed by atoms with van der Waals surface area (Å²) in [6.07, 6.45) is 3.04. The molecule has 4 heterocycles. The minimum absolute atomic E-state index is 0.541. The maximum Gasteiger partial charge on any atom is 0.159 e. The average Bonchev–Trinajstić information content (AvgIpc) is 3.49. The van der Waals surface area contributed by atoms with E-state index in [2.05, 4.69) is 44.8 Å². The summed E-state index contributed by atoms with van der Waals surface area (Å²) in [5.41, 5.74) is 3.14. The van der Waals surface area contributed by atoms with E-state index >= 15 is 0 Å². The lowest BCUT2D eigenvalue weighted by Crippen LogP contribution is -2.43. The summed E-state index contributed by atoms with van der Waals surface area (Å²) in [5.74, 6) is 1.89. The van der Waals surface area contributed by atoms with Gasteiger partial charge in [0.15, 0.2) is 5.82 Å². The number of para-hydroxylation sites is 2. The van der Waals surface area contributed by atoms with Gasteiger partial charge in [0.1, 0.15) is 5.82 Å². The lowest BCUT2D eigenvalue weighted by atomic mass is 10.2. The Bertz CT molecular complexity index is 1170. The molecule has 0 spiro atoms. The lowest BCUT2D eigenvalue weighted by molar-refractivity contribution is 0.575. The second-order valence-electron chi connectivity index (χ2n) is 7.79. The molecule has 2 aliphatic rings. The first-order valence-electron chi connectivity index (χ1n) is 10.1. The zero-order valence-electron chi connectivity index (χ0n) is 16.0. The second-order valence-corrected chi connectivity index (χ2v) is 7.79. The fourth-order valence-electron chi connectivity index (χ4n) is 4.57. The first-order valence-corrected chi connectivity index (χ1v) is 10.1. The largest absolute Gasteiger partial charge is 0.349 e. The number of hydrogen-bond acceptors (Lipinski definition) is 5. The van der Waals surface area contributed by atoms with Crippen molar-refractivity contribution in [3.8, 4) is 5.69 Å². The van der Waals surface area contributed by atoms with E-state index in [0.717, 1.165) is 41.6 Å². The van der Waals surface area contributed by atoms with Gasteiger partial charge in [-0.05, 0) is 36.8 Å². The van der Waals surface area contributed by atoms with Crippen LogP contribution >= 0.6 is 0 Å². The number of rotatable bonds is 4. The monoisotopic (exact) mass is 382 g/mol. The fourth-order valence-corrected chi connectivity index (χ4v) is 4.57. The maximum atomic E-state index is 5.07. The number of nitrogens with zero attached hydrogens (tertiary/aromatic N) is 4. The van der Waals surface area contributed by atoms with Crippen molar-refractivity contribution in [2.75, 3.05) is 23.3 Å². The molecule has 2 bridgehead atoms. The molecule has 2 aromatic carbocycles. The van der Waals surface area contributed by atoms with E-state index in [0.29, 0.717) is 12.1 Å². The SMILES string of the molecule is c1ccc(Nc2cc(-n3nc(N4CC5CC4CN5)c4ccccc43)ccn2)cc1. The predicted octanol–water partition coefficient (Wildman–Crippen LogP) is 3.71. The van der Waals surface area contributed by atoms with Crippen molar-refractivity contribution in [3.63, 3.8) is 0 Å². The van der Waals surface area contributed by atoms with Gasteiger partial charge in [-0.25, -0.2) is 9.67 Å². The van der Waals surface area contributed by atoms with Crippen molar-refractivity contribution in [3.05, 3.63) is 72.9 Å². The van der Waals surface area contributed by atoms with E-state index in [1.165, 1.54) is 11.8 Å². The Labute approximate surface area is 169 Å². The fraction of sp³-hybridized carbons (Fsp3) is 0.217. The Morgan fingerprint density at radius 3 is 2.69 bits per heavy atom. The van der Waals surface area contributed by atoms with Gasteiger partial charge in [-0.2, -0.15) is 0 Å². The third-order valence-electron chi connectivity index (χ3n) is 5.93. The molecule has 2 aromatic heterocycles. The number of nitrogens with one attached hydrogen (secondary N) is 2. The molecule has 2 unspecified atom stereocenters. The molecule has 2 N–H and O–H groups in total. The number of benzene rings is 2. The summed E-state index contributed by atoms with van der Waals surface area (Å²) >= 11 is 0. The molecule has 2 atom stereocenters. The molecule has 4 aromatic rings. The van der Waals surface area contributed by atoms with Gasteiger partial charge in [-0.1, -0.05) is 30.3 Å². The first kappa shape index (κ1) is 16.6. The third-order valence-corrected chi connectivity index (χ3v) is 5.93. The predicted molar refractivity (Wildman–Crippen MR) is 116 cm³/mol. The van der Waals surface area contributed by atoms with E-state index in [-0.39, 0.29) is 0 Å². The highest BCUT2D eigenvalue weighted by atomic mass is 15.4. The summed E-state index contributed by atoms with van der Waals surface area (Å²) in [5, 5.41) is 13.2. The van der Waals surface area contributed by atoms with Crippen LogP contribution in [0.1, 0.15) is 6.42 Å². The number of anilines is 3. The van der Waals surface area contributed by atoms with E-state index in [4.69, 9.17) is 5.10 Å². The normalized spacial score (nSPS) is 20.5. The first-order chi connectivity index (χ1) is 14.3. The van der Waals surface area contributed by atoms with Gasteiger partial charge in [0.05, 0.1) is 11.2 Å². The molecule has 2 fully saturated rings. The highest BCUT2D eigenvalue weighted by Crippen LogP contribution is 2.35. The van der Waals surface area contributed by atoms with Crippen LogP contribution in [0, 0.1) is 0 Å². The highest BCUT2D eigenvalue weighted by molar-refractivity contribution is 5.92. The summed E-state index contributed by atoms with van der Waals surface area (Å²) in [7, 11) is 0. The lowest BCUT2D eigenvalue weighted by Gasteiger charge is -2.27. The topological polar surface area (TPSA) is 58.0 Å². The smallest absolute Gasteiger partial charge is 0.159 e. The van der Waals surface area contributed by atoms with Gasteiger partial charge in [-0.3, -0.25) is 0 Å². The Kier molecular flexibility index (Phi) is 3.77. The minimum Gasteiger partial charge on any atom is -0.349 e. The molecule has 6 nitrogen and oxygen atoms in total. The Hall–Kier alpha value is -3.38. The van der Waals surface area contributed by atoms with E-state index in [1.807, 2.05) is 53.3 Å². The number of aromatic nitrogens is 3. The van der Waals surface area contributed by atoms with Crippen LogP contribution in [0.5, 0.6) is 0 Å². The van der Waals surface area contributed by atoms with Crippen LogP contribution in [0.25, 0.3) is 16.6 Å². The Morgan fingerprint density at radius 1 is 1.00 bits per heavy atom. The number of hydrogen-bond donors (Lipinski definition) is 2. The highest BCUT2D eigenvalue weighted by Gasteiger charge is 2.39. The Morgan fingerprint density at radius 2 is 1.86 bits per heavy atom. The van der Waals surface area contributed by atoms with Crippen molar-refractivity contribution in [1.82, 2.24) is 20.1 Å².